The van der Waals surface area contributed by atoms with Crippen LogP contribution in [0, 0.1) is 0 Å². The van der Waals surface area contributed by atoms with Crippen molar-refractivity contribution in [3.63, 3.8) is 0 Å². The minimum absolute atomic E-state index is 0. The molecule has 2 aromatic carbocycles. The molecule has 0 aromatic heterocycles. The zero-order valence-electron chi connectivity index (χ0n) is 39.5. The fourth-order valence-corrected chi connectivity index (χ4v) is 3.31. The van der Waals surface area contributed by atoms with Crippen molar-refractivity contribution in [2.24, 2.45) is 0 Å². The van der Waals surface area contributed by atoms with Gasteiger partial charge in [0.05, 0.1) is 56.9 Å². The van der Waals surface area contributed by atoms with Crippen LogP contribution < -0.4 is 58.0 Å². The summed E-state index contributed by atoms with van der Waals surface area (Å²) in [6, 6.07) is 6.01. The van der Waals surface area contributed by atoms with E-state index in [1.807, 2.05) is 0 Å². The Kier molecular flexibility index (Phi) is 54.1. The molecule has 0 fully saturated rings. The average Bonchev–Trinajstić information content (AvgIpc) is 3.30. The molecule has 370 valence electrons. The first kappa shape index (κ1) is 80.0. The molecule has 2 aromatic rings. The number of hydrogen-bond acceptors (Lipinski definition) is 23. The van der Waals surface area contributed by atoms with Gasteiger partial charge in [-0.05, 0) is 24.3 Å². The van der Waals surface area contributed by atoms with Crippen molar-refractivity contribution in [3.05, 3.63) is 72.2 Å². The fourth-order valence-electron chi connectivity index (χ4n) is 3.31. The number of carbonyl (C=O) groups excluding carboxylic acids is 4. The van der Waals surface area contributed by atoms with Crippen LogP contribution in [0.15, 0.2) is 72.2 Å². The molecule has 0 amide bonds. The van der Waals surface area contributed by atoms with E-state index < -0.39 is 43.3 Å². The summed E-state index contributed by atoms with van der Waals surface area (Å²) in [5.74, 6) is 1.91. The zero-order chi connectivity index (χ0) is 52.8. The van der Waals surface area contributed by atoms with Crippen molar-refractivity contribution >= 4 is 114 Å². The number of hydrogen-bond donors (Lipinski definition) is 5. The Morgan fingerprint density at radius 3 is 0.897 bits per heavy atom. The number of carbonyl (C=O) groups is 4. The van der Waals surface area contributed by atoms with E-state index in [-0.39, 0.29) is 92.7 Å². The zero-order valence-corrected chi connectivity index (χ0v) is 52.4. The summed E-state index contributed by atoms with van der Waals surface area (Å²) in [5, 5.41) is 33.1. The summed E-state index contributed by atoms with van der Waals surface area (Å²) in [7, 11) is 12.7. The molecule has 0 unspecified atom stereocenters. The first-order valence-electron chi connectivity index (χ1n) is 17.3. The van der Waals surface area contributed by atoms with E-state index in [0.717, 1.165) is 31.8 Å². The smallest absolute Gasteiger partial charge is 0.870 e. The first-order valence-corrected chi connectivity index (χ1v) is 38.4. The van der Waals surface area contributed by atoms with E-state index in [1.54, 1.807) is 40.6 Å². The van der Waals surface area contributed by atoms with Crippen LogP contribution in [0.2, 0.25) is 0 Å². The third-order valence-electron chi connectivity index (χ3n) is 5.97. The number of allylic oxidation sites excluding steroid dienone is 6. The molecule has 0 atom stereocenters. The van der Waals surface area contributed by atoms with Gasteiger partial charge < -0.3 is 63.2 Å². The maximum Gasteiger partial charge on any atom is -0.870 e. The van der Waals surface area contributed by atoms with Crippen LogP contribution in [0.1, 0.15) is 0 Å². The molecule has 68 heavy (non-hydrogen) atoms. The van der Waals surface area contributed by atoms with Gasteiger partial charge in [-0.2, -0.15) is 16.8 Å². The number of methoxy groups -OCH3 is 8. The average molecular weight is 1160 g/mol. The quantitative estimate of drug-likeness (QED) is 0.0657. The van der Waals surface area contributed by atoms with Crippen molar-refractivity contribution in [1.29, 1.82) is 0 Å². The van der Waals surface area contributed by atoms with Gasteiger partial charge in [-0.25, -0.2) is 9.47 Å². The number of phenolic OH excluding ortho intramolecular Hbond substituents is 2. The maximum atomic E-state index is 11.0. The number of benzene rings is 2. The molecule has 4 rings (SSSR count). The number of aromatic hydroxyl groups is 2. The molecule has 0 aliphatic heterocycles. The second-order valence-electron chi connectivity index (χ2n) is 10.6. The monoisotopic (exact) mass is 1150 g/mol. The second kappa shape index (κ2) is 46.0. The number of ether oxygens (including phenoxy) is 8. The third-order valence-corrected chi connectivity index (χ3v) is 7.28. The molecule has 0 radical (unpaired) electrons. The van der Waals surface area contributed by atoms with Crippen molar-refractivity contribution < 1.29 is 158 Å². The summed E-state index contributed by atoms with van der Waals surface area (Å²) in [6.07, 6.45) is 9.03. The Hall–Kier alpha value is -2.13. The molecular formula is C35H49Cl2Na3O24S3Zn. The summed E-state index contributed by atoms with van der Waals surface area (Å²) < 4.78 is 97.5. The standard InChI is InChI=1S/C10H14O4.C8H10O4.C8H8O4.C6H4O2.C2H8O4S.CH4O.2ClH.3Na.O4S2.H2O.Zn/c1-11-7-5-9(13-3)10(14-4)6-8(7)12-2;2*1-11-7-3-6(10)8(12-2)4-5(7)9;7-5-1-2-6(8)4-3-5;1-7(2,4,5)6-3;1-2;;;;;;1-5(2)6(3)4;;/h5-6H,1-4H3;3-4,9-10H,1-2H3;3-4H,1-2H3;1-4H;3H,1-2H3,(H,4,5);2H,1H3;2*1H;;;;;1H2;/q;;;;;;;;;;+1;;;+2/p-3. The molecule has 0 heterocycles. The Bertz CT molecular complexity index is 2090. The molecule has 33 heteroatoms. The van der Waals surface area contributed by atoms with Crippen molar-refractivity contribution in [2.75, 3.05) is 76.5 Å². The number of ketones is 4. The van der Waals surface area contributed by atoms with Gasteiger partial charge in [0.25, 0.3) is 0 Å². The number of aliphatic hydroxyl groups excluding tert-OH is 1. The van der Waals surface area contributed by atoms with Gasteiger partial charge in [-0.15, -0.1) is 4.33 Å². The topological polar surface area (TPSA) is 368 Å². The van der Waals surface area contributed by atoms with Gasteiger partial charge in [-0.3, -0.25) is 19.2 Å². The Labute approximate surface area is 461 Å². The van der Waals surface area contributed by atoms with Crippen molar-refractivity contribution in [2.45, 2.75) is 0 Å². The number of halogens is 2. The van der Waals surface area contributed by atoms with Crippen LogP contribution in [0.25, 0.3) is 0 Å². The number of rotatable bonds is 9. The van der Waals surface area contributed by atoms with Gasteiger partial charge in [0.15, 0.2) is 69.1 Å². The van der Waals surface area contributed by atoms with E-state index in [2.05, 4.69) is 13.8 Å². The van der Waals surface area contributed by atoms with Gasteiger partial charge >= 0.3 is 126 Å². The molecule has 24 nitrogen and oxygen atoms in total. The molecule has 2 aliphatic rings. The number of aliphatic hydroxyl groups is 1. The van der Waals surface area contributed by atoms with Crippen LogP contribution in [0.4, 0.5) is 0 Å². The second-order valence-corrected chi connectivity index (χ2v) is 21.2. The fraction of sp³-hybridized carbons (Fsp3) is 0.314. The normalized spacial score (nSPS) is 11.5. The van der Waals surface area contributed by atoms with Crippen LogP contribution in [-0.4, -0.2) is 195 Å². The third kappa shape index (κ3) is 39.6. The van der Waals surface area contributed by atoms with Crippen LogP contribution >= 0.6 is 19.4 Å². The minimum atomic E-state index is -4.06. The predicted molar refractivity (Wildman–Crippen MR) is 241 cm³/mol. The van der Waals surface area contributed by atoms with Crippen LogP contribution in [0.3, 0.4) is 0 Å². The van der Waals surface area contributed by atoms with E-state index >= 15 is 0 Å². The maximum absolute atomic E-state index is 11.0. The van der Waals surface area contributed by atoms with Gasteiger partial charge in [0.1, 0.15) is 9.63 Å². The van der Waals surface area contributed by atoms with Crippen molar-refractivity contribution in [3.8, 4) is 46.0 Å². The Morgan fingerprint density at radius 2 is 0.750 bits per heavy atom. The van der Waals surface area contributed by atoms with Gasteiger partial charge in [0, 0.05) is 56.0 Å². The minimum Gasteiger partial charge on any atom is -0.870 e. The van der Waals surface area contributed by atoms with Crippen LogP contribution in [0.5, 0.6) is 46.0 Å². The first-order chi connectivity index (χ1) is 30.8. The molecule has 0 spiro atoms. The largest absolute Gasteiger partial charge is 0.870 e. The molecule has 0 saturated heterocycles. The molecular weight excluding hydrogens is 1110 g/mol. The molecule has 0 bridgehead atoms. The van der Waals surface area contributed by atoms with E-state index in [1.165, 1.54) is 108 Å². The molecule has 0 saturated carbocycles. The summed E-state index contributed by atoms with van der Waals surface area (Å²) in [5.41, 5.74) is 0. The van der Waals surface area contributed by atoms with E-state index in [4.69, 9.17) is 79.6 Å². The van der Waals surface area contributed by atoms with Crippen LogP contribution in [-0.2, 0) is 76.3 Å². The summed E-state index contributed by atoms with van der Waals surface area (Å²) >= 11 is 1.96. The molecule has 6 N–H and O–H groups in total. The summed E-state index contributed by atoms with van der Waals surface area (Å²) in [6.45, 7) is 0. The van der Waals surface area contributed by atoms with Gasteiger partial charge in [-0.1, -0.05) is 0 Å². The Morgan fingerprint density at radius 1 is 0.544 bits per heavy atom. The Balaban J connectivity index is -0.000000129. The number of phenols is 2. The van der Waals surface area contributed by atoms with E-state index in [9.17, 15) is 33.6 Å². The van der Waals surface area contributed by atoms with Crippen molar-refractivity contribution in [1.82, 2.24) is 0 Å². The van der Waals surface area contributed by atoms with Gasteiger partial charge in [0.2, 0.25) is 11.6 Å². The predicted octanol–water partition coefficient (Wildman–Crippen LogP) is -1.06. The summed E-state index contributed by atoms with van der Waals surface area (Å²) in [4.78, 5) is 42.6. The SMILES string of the molecule is CO.COC1=CC(=O)C(OC)=CC1=O.COc1cc(O)c(OC)cc1O.COc1cc(OC)c(OC)cc1OC.CS(C)(=O)(O)OO.O=C1C=CC(=O)C=C1.O=S(=O)=S(=O)=O.[Cl][Zn][Cl].[Na+].[Na][Na].[OH-]. The molecule has 2 aliphatic carbocycles. The van der Waals surface area contributed by atoms with E-state index in [0.29, 0.717) is 23.0 Å².